The van der Waals surface area contributed by atoms with E-state index in [2.05, 4.69) is 0 Å². The van der Waals surface area contributed by atoms with E-state index in [-0.39, 0.29) is 12.3 Å². The summed E-state index contributed by atoms with van der Waals surface area (Å²) in [4.78, 5) is 28.4. The number of carbonyl (C=O) groups is 2. The van der Waals surface area contributed by atoms with E-state index in [0.717, 1.165) is 22.3 Å². The second-order valence-electron chi connectivity index (χ2n) is 8.79. The molecule has 0 aromatic heterocycles. The lowest BCUT2D eigenvalue weighted by Crippen LogP contribution is -2.48. The summed E-state index contributed by atoms with van der Waals surface area (Å²) in [6.45, 7) is 0. The summed E-state index contributed by atoms with van der Waals surface area (Å²) in [5, 5.41) is 0. The zero-order chi connectivity index (χ0) is 24.1. The lowest BCUT2D eigenvalue weighted by molar-refractivity contribution is -0.129. The molecule has 1 heterocycles. The Morgan fingerprint density at radius 1 is 0.686 bits per heavy atom. The van der Waals surface area contributed by atoms with E-state index in [0.29, 0.717) is 12.8 Å². The summed E-state index contributed by atoms with van der Waals surface area (Å²) in [7, 11) is 0. The fourth-order valence-electron chi connectivity index (χ4n) is 4.97. The topological polar surface area (TPSA) is 46.6 Å². The number of carbonyl (C=O) groups excluding carboxylic acids is 2. The van der Waals surface area contributed by atoms with Gasteiger partial charge in [-0.05, 0) is 24.0 Å². The molecular weight excluding hydrogens is 434 g/mol. The maximum absolute atomic E-state index is 13.6. The first-order chi connectivity index (χ1) is 17.2. The molecule has 0 bridgehead atoms. The molecule has 4 aromatic carbocycles. The van der Waals surface area contributed by atoms with E-state index in [4.69, 9.17) is 4.74 Å². The lowest BCUT2D eigenvalue weighted by atomic mass is 9.77. The van der Waals surface area contributed by atoms with Gasteiger partial charge < -0.3 is 4.74 Å². The quantitative estimate of drug-likeness (QED) is 0.331. The largest absolute Gasteiger partial charge is 0.430 e. The Balaban J connectivity index is 1.59. The van der Waals surface area contributed by atoms with Crippen LogP contribution in [-0.2, 0) is 28.0 Å². The molecule has 1 aliphatic rings. The van der Waals surface area contributed by atoms with Gasteiger partial charge in [0.25, 0.3) is 0 Å². The average Bonchev–Trinajstić information content (AvgIpc) is 3.22. The van der Waals surface area contributed by atoms with Crippen molar-refractivity contribution in [2.45, 2.75) is 30.9 Å². The van der Waals surface area contributed by atoms with Gasteiger partial charge in [0.2, 0.25) is 5.91 Å². The summed E-state index contributed by atoms with van der Waals surface area (Å²) < 4.78 is 6.26. The van der Waals surface area contributed by atoms with Crippen LogP contribution < -0.4 is 0 Å². The molecule has 4 nitrogen and oxygen atoms in total. The minimum Gasteiger partial charge on any atom is -0.430 e. The number of rotatable bonds is 7. The van der Waals surface area contributed by atoms with E-state index in [1.54, 1.807) is 0 Å². The average molecular weight is 462 g/mol. The first-order valence-electron chi connectivity index (χ1n) is 11.9. The molecule has 4 heteroatoms. The van der Waals surface area contributed by atoms with Gasteiger partial charge in [-0.25, -0.2) is 9.69 Å². The van der Waals surface area contributed by atoms with Crippen molar-refractivity contribution in [2.24, 2.45) is 0 Å². The molecule has 0 N–H and O–H groups in total. The van der Waals surface area contributed by atoms with E-state index in [1.807, 2.05) is 121 Å². The second-order valence-corrected chi connectivity index (χ2v) is 8.79. The number of imide groups is 1. The summed E-state index contributed by atoms with van der Waals surface area (Å²) in [5.74, 6) is -0.228. The van der Waals surface area contributed by atoms with E-state index < -0.39 is 17.7 Å². The van der Waals surface area contributed by atoms with Crippen LogP contribution in [0.2, 0.25) is 0 Å². The van der Waals surface area contributed by atoms with Gasteiger partial charge in [-0.3, -0.25) is 4.79 Å². The smallest absolute Gasteiger partial charge is 0.418 e. The van der Waals surface area contributed by atoms with Crippen molar-refractivity contribution >= 4 is 12.0 Å². The SMILES string of the molecule is O=C(CCc1ccccc1)N1C(=O)OC(c2ccccc2)(c2ccccc2)[C@H]1Cc1ccccc1. The Labute approximate surface area is 205 Å². The maximum atomic E-state index is 13.6. The first-order valence-corrected chi connectivity index (χ1v) is 11.9. The van der Waals surface area contributed by atoms with Crippen molar-refractivity contribution in [1.82, 2.24) is 4.90 Å². The Kier molecular flexibility index (Phi) is 6.44. The third-order valence-electron chi connectivity index (χ3n) is 6.64. The number of hydrogen-bond donors (Lipinski definition) is 0. The van der Waals surface area contributed by atoms with Gasteiger partial charge in [-0.1, -0.05) is 121 Å². The molecule has 2 amide bonds. The molecule has 1 saturated heterocycles. The minimum absolute atomic E-state index is 0.226. The molecule has 4 aromatic rings. The number of benzene rings is 4. The predicted octanol–water partition coefficient (Wildman–Crippen LogP) is 6.15. The third-order valence-corrected chi connectivity index (χ3v) is 6.64. The monoisotopic (exact) mass is 461 g/mol. The van der Waals surface area contributed by atoms with E-state index in [9.17, 15) is 9.59 Å². The minimum atomic E-state index is -1.11. The van der Waals surface area contributed by atoms with Crippen molar-refractivity contribution in [3.8, 4) is 0 Å². The van der Waals surface area contributed by atoms with Crippen molar-refractivity contribution in [3.63, 3.8) is 0 Å². The van der Waals surface area contributed by atoms with Crippen LogP contribution in [0.3, 0.4) is 0 Å². The van der Waals surface area contributed by atoms with Gasteiger partial charge in [0.15, 0.2) is 5.60 Å². The fourth-order valence-corrected chi connectivity index (χ4v) is 4.97. The molecule has 0 aliphatic carbocycles. The standard InChI is InChI=1S/C31H27NO3/c33-29(22-21-24-13-5-1-6-14-24)32-28(23-25-15-7-2-8-16-25)31(35-30(32)34,26-17-9-3-10-18-26)27-19-11-4-12-20-27/h1-20,28H,21-23H2/t28-/m1/s1. The predicted molar refractivity (Wildman–Crippen MR) is 136 cm³/mol. The van der Waals surface area contributed by atoms with Crippen LogP contribution in [0.25, 0.3) is 0 Å². The van der Waals surface area contributed by atoms with Crippen molar-refractivity contribution in [3.05, 3.63) is 144 Å². The number of hydrogen-bond acceptors (Lipinski definition) is 3. The zero-order valence-corrected chi connectivity index (χ0v) is 19.4. The van der Waals surface area contributed by atoms with Gasteiger partial charge in [0.1, 0.15) is 0 Å². The van der Waals surface area contributed by atoms with Gasteiger partial charge in [0, 0.05) is 17.5 Å². The Morgan fingerprint density at radius 3 is 1.66 bits per heavy atom. The second kappa shape index (κ2) is 9.98. The zero-order valence-electron chi connectivity index (χ0n) is 19.4. The number of ether oxygens (including phenoxy) is 1. The fraction of sp³-hybridized carbons (Fsp3) is 0.161. The highest BCUT2D eigenvalue weighted by Crippen LogP contribution is 2.46. The normalized spacial score (nSPS) is 16.6. The number of cyclic esters (lactones) is 1. The molecule has 0 saturated carbocycles. The molecule has 1 aliphatic heterocycles. The molecule has 0 radical (unpaired) electrons. The van der Waals surface area contributed by atoms with Crippen LogP contribution in [0.1, 0.15) is 28.7 Å². The summed E-state index contributed by atoms with van der Waals surface area (Å²) in [6.07, 6.45) is 0.666. The maximum Gasteiger partial charge on any atom is 0.418 e. The molecule has 5 rings (SSSR count). The number of amides is 2. The highest BCUT2D eigenvalue weighted by molar-refractivity contribution is 5.95. The van der Waals surface area contributed by atoms with Gasteiger partial charge >= 0.3 is 6.09 Å². The van der Waals surface area contributed by atoms with Crippen LogP contribution in [0.5, 0.6) is 0 Å². The molecule has 35 heavy (non-hydrogen) atoms. The third kappa shape index (κ3) is 4.47. The van der Waals surface area contributed by atoms with Gasteiger partial charge in [-0.15, -0.1) is 0 Å². The van der Waals surface area contributed by atoms with Crippen LogP contribution in [0, 0.1) is 0 Å². The van der Waals surface area contributed by atoms with E-state index >= 15 is 0 Å². The van der Waals surface area contributed by atoms with Crippen molar-refractivity contribution in [1.29, 1.82) is 0 Å². The van der Waals surface area contributed by atoms with Crippen molar-refractivity contribution in [2.75, 3.05) is 0 Å². The molecule has 1 atom stereocenters. The highest BCUT2D eigenvalue weighted by Gasteiger charge is 2.57. The molecule has 1 fully saturated rings. The highest BCUT2D eigenvalue weighted by atomic mass is 16.6. The Morgan fingerprint density at radius 2 is 1.14 bits per heavy atom. The van der Waals surface area contributed by atoms with Crippen LogP contribution >= 0.6 is 0 Å². The lowest BCUT2D eigenvalue weighted by Gasteiger charge is -2.35. The summed E-state index contributed by atoms with van der Waals surface area (Å²) in [6, 6.07) is 38.8. The van der Waals surface area contributed by atoms with Crippen LogP contribution in [0.4, 0.5) is 4.79 Å². The van der Waals surface area contributed by atoms with Crippen LogP contribution in [0.15, 0.2) is 121 Å². The van der Waals surface area contributed by atoms with Gasteiger partial charge in [0.05, 0.1) is 6.04 Å². The number of aryl methyl sites for hydroxylation is 1. The van der Waals surface area contributed by atoms with Crippen molar-refractivity contribution < 1.29 is 14.3 Å². The molecule has 0 unspecified atom stereocenters. The Hall–Kier alpha value is -4.18. The Bertz CT molecular complexity index is 1230. The van der Waals surface area contributed by atoms with E-state index in [1.165, 1.54) is 4.90 Å². The number of nitrogens with zero attached hydrogens (tertiary/aromatic N) is 1. The summed E-state index contributed by atoms with van der Waals surface area (Å²) >= 11 is 0. The van der Waals surface area contributed by atoms with Crippen LogP contribution in [-0.4, -0.2) is 22.9 Å². The van der Waals surface area contributed by atoms with Gasteiger partial charge in [-0.2, -0.15) is 0 Å². The summed E-state index contributed by atoms with van der Waals surface area (Å²) in [5.41, 5.74) is 2.67. The molecular formula is C31H27NO3. The first kappa shape index (κ1) is 22.6. The molecule has 0 spiro atoms. The molecule has 174 valence electrons.